The van der Waals surface area contributed by atoms with E-state index in [4.69, 9.17) is 11.6 Å². The SMILES string of the molecule is CCCCCC[N+](CCCCCC)=C(Cl)N(CC)CC.[Cl-]. The van der Waals surface area contributed by atoms with Crippen molar-refractivity contribution < 1.29 is 17.0 Å². The molecule has 0 saturated heterocycles. The van der Waals surface area contributed by atoms with E-state index in [9.17, 15) is 0 Å². The quantitative estimate of drug-likeness (QED) is 0.174. The van der Waals surface area contributed by atoms with Gasteiger partial charge < -0.3 is 12.4 Å². The molecule has 0 aromatic heterocycles. The van der Waals surface area contributed by atoms with E-state index >= 15 is 0 Å². The summed E-state index contributed by atoms with van der Waals surface area (Å²) in [4.78, 5) is 2.27. The van der Waals surface area contributed by atoms with Crippen molar-refractivity contribution in [1.82, 2.24) is 4.90 Å². The van der Waals surface area contributed by atoms with E-state index in [-0.39, 0.29) is 12.4 Å². The summed E-state index contributed by atoms with van der Waals surface area (Å²) in [6.07, 6.45) is 10.4. The zero-order chi connectivity index (χ0) is 15.2. The number of unbranched alkanes of at least 4 members (excludes halogenated alkanes) is 6. The molecular weight excluding hydrogens is 303 g/mol. The van der Waals surface area contributed by atoms with Crippen LogP contribution in [-0.4, -0.2) is 40.9 Å². The van der Waals surface area contributed by atoms with Crippen LogP contribution in [0.1, 0.15) is 79.1 Å². The van der Waals surface area contributed by atoms with Crippen molar-refractivity contribution in [2.45, 2.75) is 79.1 Å². The fraction of sp³-hybridized carbons (Fsp3) is 0.941. The third-order valence-corrected chi connectivity index (χ3v) is 4.33. The highest BCUT2D eigenvalue weighted by Crippen LogP contribution is 2.05. The van der Waals surface area contributed by atoms with Gasteiger partial charge in [0.05, 0.1) is 26.2 Å². The van der Waals surface area contributed by atoms with E-state index in [1.54, 1.807) is 0 Å². The standard InChI is InChI=1S/C17H36ClN2.ClH/c1-5-9-11-13-15-20(16-14-12-10-6-2)17(18)19(7-3)8-4;/h5-16H2,1-4H3;1H/q+1;/p-1. The number of halogens is 2. The number of nitrogens with zero attached hydrogens (tertiary/aromatic N) is 2. The second-order valence-corrected chi connectivity index (χ2v) is 5.89. The lowest BCUT2D eigenvalue weighted by atomic mass is 10.2. The van der Waals surface area contributed by atoms with Gasteiger partial charge in [0.1, 0.15) is 0 Å². The van der Waals surface area contributed by atoms with Gasteiger partial charge in [-0.3, -0.25) is 9.48 Å². The molecule has 0 aliphatic heterocycles. The molecule has 21 heavy (non-hydrogen) atoms. The fourth-order valence-electron chi connectivity index (χ4n) is 2.44. The van der Waals surface area contributed by atoms with Crippen LogP contribution in [0.15, 0.2) is 0 Å². The van der Waals surface area contributed by atoms with Gasteiger partial charge in [-0.1, -0.05) is 39.5 Å². The molecule has 0 aromatic carbocycles. The summed E-state index contributed by atoms with van der Waals surface area (Å²) >= 11 is 6.61. The summed E-state index contributed by atoms with van der Waals surface area (Å²) < 4.78 is 2.40. The highest BCUT2D eigenvalue weighted by Gasteiger charge is 2.17. The number of amidine groups is 1. The normalized spacial score (nSPS) is 10.1. The molecule has 0 bridgehead atoms. The van der Waals surface area contributed by atoms with Gasteiger partial charge in [-0.15, -0.1) is 0 Å². The van der Waals surface area contributed by atoms with Crippen molar-refractivity contribution >= 4 is 16.9 Å². The Morgan fingerprint density at radius 3 is 1.52 bits per heavy atom. The van der Waals surface area contributed by atoms with Crippen LogP contribution in [0.2, 0.25) is 0 Å². The third kappa shape index (κ3) is 11.3. The molecule has 0 fully saturated rings. The van der Waals surface area contributed by atoms with E-state index in [0.29, 0.717) is 0 Å². The smallest absolute Gasteiger partial charge is 0.344 e. The Morgan fingerprint density at radius 1 is 0.762 bits per heavy atom. The molecular formula is C17H36Cl2N2. The molecule has 0 N–H and O–H groups in total. The maximum atomic E-state index is 6.61. The lowest BCUT2D eigenvalue weighted by Gasteiger charge is -2.16. The first-order valence-corrected chi connectivity index (χ1v) is 9.11. The Kier molecular flexibility index (Phi) is 18.2. The molecule has 0 rings (SSSR count). The molecule has 0 amide bonds. The Morgan fingerprint density at radius 2 is 1.19 bits per heavy atom. The Balaban J connectivity index is 0. The number of rotatable bonds is 12. The van der Waals surface area contributed by atoms with Crippen LogP contribution in [0.3, 0.4) is 0 Å². The summed E-state index contributed by atoms with van der Waals surface area (Å²) in [6, 6.07) is 0. The molecule has 0 aromatic rings. The first kappa shape index (κ1) is 23.3. The highest BCUT2D eigenvalue weighted by atomic mass is 35.5. The second-order valence-electron chi connectivity index (χ2n) is 5.55. The Hall–Kier alpha value is 0.0500. The van der Waals surface area contributed by atoms with E-state index < -0.39 is 0 Å². The van der Waals surface area contributed by atoms with Gasteiger partial charge in [-0.05, 0) is 39.5 Å². The number of hydrogen-bond acceptors (Lipinski definition) is 0. The van der Waals surface area contributed by atoms with E-state index in [1.807, 2.05) is 0 Å². The van der Waals surface area contributed by atoms with Crippen molar-refractivity contribution in [2.75, 3.05) is 26.2 Å². The predicted octanol–water partition coefficient (Wildman–Crippen LogP) is 2.10. The van der Waals surface area contributed by atoms with Crippen LogP contribution >= 0.6 is 11.6 Å². The molecule has 0 radical (unpaired) electrons. The van der Waals surface area contributed by atoms with Crippen molar-refractivity contribution in [3.63, 3.8) is 0 Å². The predicted molar refractivity (Wildman–Crippen MR) is 92.1 cm³/mol. The highest BCUT2D eigenvalue weighted by molar-refractivity contribution is 6.63. The molecule has 2 nitrogen and oxygen atoms in total. The number of hydrogen-bond donors (Lipinski definition) is 0. The molecule has 128 valence electrons. The van der Waals surface area contributed by atoms with Crippen molar-refractivity contribution in [3.8, 4) is 0 Å². The van der Waals surface area contributed by atoms with Crippen molar-refractivity contribution in [2.24, 2.45) is 0 Å². The molecule has 0 aliphatic rings. The average Bonchev–Trinajstić information content (AvgIpc) is 2.46. The topological polar surface area (TPSA) is 6.25 Å². The Bertz CT molecular complexity index is 237. The third-order valence-electron chi connectivity index (χ3n) is 3.85. The van der Waals surface area contributed by atoms with E-state index in [0.717, 1.165) is 31.5 Å². The minimum absolute atomic E-state index is 0. The molecule has 4 heteroatoms. The van der Waals surface area contributed by atoms with Crippen molar-refractivity contribution in [3.05, 3.63) is 0 Å². The fourth-order valence-corrected chi connectivity index (χ4v) is 2.85. The van der Waals surface area contributed by atoms with Crippen LogP contribution in [0, 0.1) is 0 Å². The molecule has 0 spiro atoms. The van der Waals surface area contributed by atoms with Gasteiger partial charge in [0.2, 0.25) is 0 Å². The van der Waals surface area contributed by atoms with Gasteiger partial charge in [0.25, 0.3) is 0 Å². The van der Waals surface area contributed by atoms with Crippen molar-refractivity contribution in [1.29, 1.82) is 0 Å². The van der Waals surface area contributed by atoms with Crippen LogP contribution < -0.4 is 12.4 Å². The minimum Gasteiger partial charge on any atom is -1.00 e. The first-order chi connectivity index (χ1) is 9.71. The van der Waals surface area contributed by atoms with E-state index in [1.165, 1.54) is 51.4 Å². The summed E-state index contributed by atoms with van der Waals surface area (Å²) in [5.74, 6) is 0. The molecule has 0 saturated carbocycles. The second kappa shape index (κ2) is 16.4. The molecule has 0 aliphatic carbocycles. The minimum atomic E-state index is 0. The zero-order valence-electron chi connectivity index (χ0n) is 14.6. The van der Waals surface area contributed by atoms with Crippen LogP contribution in [0.4, 0.5) is 0 Å². The van der Waals surface area contributed by atoms with Gasteiger partial charge >= 0.3 is 5.29 Å². The van der Waals surface area contributed by atoms with Gasteiger partial charge in [0, 0.05) is 11.6 Å². The lowest BCUT2D eigenvalue weighted by molar-refractivity contribution is -0.531. The van der Waals surface area contributed by atoms with Crippen LogP contribution in [-0.2, 0) is 0 Å². The summed E-state index contributed by atoms with van der Waals surface area (Å²) in [6.45, 7) is 13.1. The van der Waals surface area contributed by atoms with Crippen LogP contribution in [0.25, 0.3) is 0 Å². The summed E-state index contributed by atoms with van der Waals surface area (Å²) in [7, 11) is 0. The van der Waals surface area contributed by atoms with E-state index in [2.05, 4.69) is 37.2 Å². The molecule has 0 unspecified atom stereocenters. The largest absolute Gasteiger partial charge is 1.00 e. The molecule has 0 atom stereocenters. The lowest BCUT2D eigenvalue weighted by Crippen LogP contribution is -3.00. The molecule has 0 heterocycles. The average molecular weight is 339 g/mol. The summed E-state index contributed by atoms with van der Waals surface area (Å²) in [5, 5.41) is 0.961. The monoisotopic (exact) mass is 338 g/mol. The van der Waals surface area contributed by atoms with Gasteiger partial charge in [-0.2, -0.15) is 0 Å². The van der Waals surface area contributed by atoms with Gasteiger partial charge in [-0.25, -0.2) is 0 Å². The van der Waals surface area contributed by atoms with Crippen LogP contribution in [0.5, 0.6) is 0 Å². The van der Waals surface area contributed by atoms with Gasteiger partial charge in [0.15, 0.2) is 0 Å². The first-order valence-electron chi connectivity index (χ1n) is 8.73. The summed E-state index contributed by atoms with van der Waals surface area (Å²) in [5.41, 5.74) is 0. The zero-order valence-corrected chi connectivity index (χ0v) is 16.1. The maximum Gasteiger partial charge on any atom is 0.344 e. The Labute approximate surface area is 144 Å². The maximum absolute atomic E-state index is 6.61.